The van der Waals surface area contributed by atoms with Crippen molar-refractivity contribution in [3.05, 3.63) is 54.2 Å². The van der Waals surface area contributed by atoms with Crippen LogP contribution in [-0.4, -0.2) is 72.5 Å². The lowest BCUT2D eigenvalue weighted by Crippen LogP contribution is -2.42. The molecule has 2 amide bonds. The summed E-state index contributed by atoms with van der Waals surface area (Å²) in [6.45, 7) is 4.81. The van der Waals surface area contributed by atoms with E-state index in [1.165, 1.54) is 0 Å². The van der Waals surface area contributed by atoms with E-state index in [1.807, 2.05) is 17.0 Å². The average Bonchev–Trinajstić information content (AvgIpc) is 3.60. The number of ether oxygens (including phenoxy) is 2. The van der Waals surface area contributed by atoms with Gasteiger partial charge in [0.05, 0.1) is 37.1 Å². The maximum atomic E-state index is 12.8. The molecule has 3 aromatic rings. The van der Waals surface area contributed by atoms with Gasteiger partial charge in [0.15, 0.2) is 0 Å². The Bertz CT molecular complexity index is 1320. The Kier molecular flexibility index (Phi) is 7.51. The van der Waals surface area contributed by atoms with Crippen LogP contribution in [0.25, 0.3) is 11.1 Å². The average molecular weight is 535 g/mol. The molecule has 1 saturated heterocycles. The first-order valence-corrected chi connectivity index (χ1v) is 13.2. The third-order valence-electron chi connectivity index (χ3n) is 6.66. The van der Waals surface area contributed by atoms with Gasteiger partial charge in [0.25, 0.3) is 5.91 Å². The van der Waals surface area contributed by atoms with E-state index in [0.717, 1.165) is 24.2 Å². The van der Waals surface area contributed by atoms with Crippen LogP contribution in [0.15, 0.2) is 43.0 Å². The summed E-state index contributed by atoms with van der Waals surface area (Å²) in [4.78, 5) is 35.6. The number of piperidine rings is 1. The summed E-state index contributed by atoms with van der Waals surface area (Å²) in [6, 6.07) is 5.35. The third-order valence-corrected chi connectivity index (χ3v) is 6.66. The summed E-state index contributed by atoms with van der Waals surface area (Å²) in [5, 5.41) is 14.3. The number of carbonyl (C=O) groups excluding carboxylic acids is 2. The molecule has 39 heavy (non-hydrogen) atoms. The molecule has 3 aromatic heterocycles. The molecule has 1 saturated carbocycles. The molecule has 0 aromatic carbocycles. The molecular weight excluding hydrogens is 500 g/mol. The lowest BCUT2D eigenvalue weighted by atomic mass is 10.1. The molecule has 2 aliphatic rings. The second-order valence-electron chi connectivity index (χ2n) is 10.9. The number of amides is 2. The molecule has 0 spiro atoms. The molecule has 206 valence electrons. The van der Waals surface area contributed by atoms with E-state index in [2.05, 4.69) is 15.1 Å². The van der Waals surface area contributed by atoms with Crippen molar-refractivity contribution in [2.24, 2.45) is 5.73 Å². The van der Waals surface area contributed by atoms with E-state index in [1.54, 1.807) is 49.4 Å². The summed E-state index contributed by atoms with van der Waals surface area (Å²) >= 11 is 0. The van der Waals surface area contributed by atoms with Crippen LogP contribution in [0.2, 0.25) is 0 Å². The Morgan fingerprint density at radius 3 is 2.41 bits per heavy atom. The molecule has 0 unspecified atom stereocenters. The van der Waals surface area contributed by atoms with E-state index in [0.29, 0.717) is 49.8 Å². The summed E-state index contributed by atoms with van der Waals surface area (Å²) < 4.78 is 13.4. The molecule has 1 aliphatic carbocycles. The zero-order valence-electron chi connectivity index (χ0n) is 22.2. The predicted octanol–water partition coefficient (Wildman–Crippen LogP) is 2.36. The normalized spacial score (nSPS) is 16.2. The molecule has 3 N–H and O–H groups in total. The van der Waals surface area contributed by atoms with Crippen molar-refractivity contribution in [2.75, 3.05) is 13.1 Å². The summed E-state index contributed by atoms with van der Waals surface area (Å²) in [7, 11) is 0. The number of likely N-dealkylation sites (tertiary alicyclic amines) is 1. The Labute approximate surface area is 226 Å². The van der Waals surface area contributed by atoms with Crippen molar-refractivity contribution in [2.45, 2.75) is 70.3 Å². The first-order chi connectivity index (χ1) is 18.6. The Balaban J connectivity index is 1.16. The maximum absolute atomic E-state index is 12.8. The minimum Gasteiger partial charge on any atom is -0.489 e. The highest BCUT2D eigenvalue weighted by atomic mass is 16.5. The first-order valence-electron chi connectivity index (χ1n) is 13.2. The van der Waals surface area contributed by atoms with Crippen molar-refractivity contribution in [1.29, 1.82) is 0 Å². The fourth-order valence-corrected chi connectivity index (χ4v) is 4.49. The summed E-state index contributed by atoms with van der Waals surface area (Å²) in [5.41, 5.74) is 7.04. The van der Waals surface area contributed by atoms with Gasteiger partial charge in [-0.15, -0.1) is 0 Å². The molecular formula is C28H34N6O5. The van der Waals surface area contributed by atoms with Crippen LogP contribution < -0.4 is 15.2 Å². The van der Waals surface area contributed by atoms with Crippen molar-refractivity contribution >= 4 is 11.8 Å². The summed E-state index contributed by atoms with van der Waals surface area (Å²) in [5.74, 6) is 0.293. The van der Waals surface area contributed by atoms with Crippen molar-refractivity contribution < 1.29 is 24.2 Å². The number of carbonyl (C=O) groups is 2. The van der Waals surface area contributed by atoms with Crippen LogP contribution >= 0.6 is 0 Å². The van der Waals surface area contributed by atoms with Gasteiger partial charge in [0.1, 0.15) is 17.4 Å². The predicted molar refractivity (Wildman–Crippen MR) is 142 cm³/mol. The number of aliphatic hydroxyl groups is 1. The number of pyridine rings is 2. The highest BCUT2D eigenvalue weighted by molar-refractivity contribution is 5.96. The third kappa shape index (κ3) is 7.11. The molecule has 11 heteroatoms. The van der Waals surface area contributed by atoms with Gasteiger partial charge in [0.2, 0.25) is 11.8 Å². The lowest BCUT2D eigenvalue weighted by molar-refractivity contribution is -0.132. The van der Waals surface area contributed by atoms with Gasteiger partial charge in [-0.1, -0.05) is 0 Å². The molecule has 2 fully saturated rings. The molecule has 1 aliphatic heterocycles. The molecule has 4 heterocycles. The minimum absolute atomic E-state index is 0.0160. The van der Waals surface area contributed by atoms with Crippen LogP contribution in [0.5, 0.6) is 11.6 Å². The minimum atomic E-state index is -0.912. The standard InChI is InChI=1S/C28H34N6O5/c1-28(2,37)17-34-16-19(14-32-34)18-11-24(26(29)36)27(31-13-18)39-22-7-9-33(10-8-22)25(35)12-20-3-4-23(15-30-20)38-21-5-6-21/h3-4,11,13-16,21-22,37H,5-10,12,17H2,1-2H3,(H2,29,36). The number of primary amides is 1. The zero-order chi connectivity index (χ0) is 27.6. The van der Waals surface area contributed by atoms with Crippen LogP contribution in [0.1, 0.15) is 55.6 Å². The van der Waals surface area contributed by atoms with Gasteiger partial charge in [0, 0.05) is 55.1 Å². The van der Waals surface area contributed by atoms with E-state index < -0.39 is 11.5 Å². The monoisotopic (exact) mass is 534 g/mol. The number of nitrogens with zero attached hydrogens (tertiary/aromatic N) is 5. The fraction of sp³-hybridized carbons (Fsp3) is 0.464. The zero-order valence-corrected chi connectivity index (χ0v) is 22.2. The van der Waals surface area contributed by atoms with Crippen LogP contribution in [0, 0.1) is 0 Å². The van der Waals surface area contributed by atoms with Gasteiger partial charge in [-0.25, -0.2) is 4.98 Å². The largest absolute Gasteiger partial charge is 0.489 e. The Morgan fingerprint density at radius 1 is 1.03 bits per heavy atom. The fourth-order valence-electron chi connectivity index (χ4n) is 4.49. The number of rotatable bonds is 10. The van der Waals surface area contributed by atoms with Gasteiger partial charge in [-0.3, -0.25) is 19.3 Å². The number of nitrogens with two attached hydrogens (primary N) is 1. The van der Waals surface area contributed by atoms with E-state index >= 15 is 0 Å². The number of hydrogen-bond acceptors (Lipinski definition) is 8. The lowest BCUT2D eigenvalue weighted by Gasteiger charge is -2.32. The van der Waals surface area contributed by atoms with Crippen molar-refractivity contribution in [3.8, 4) is 22.8 Å². The van der Waals surface area contributed by atoms with Crippen LogP contribution in [0.4, 0.5) is 0 Å². The van der Waals surface area contributed by atoms with Gasteiger partial charge >= 0.3 is 0 Å². The van der Waals surface area contributed by atoms with Gasteiger partial charge < -0.3 is 25.2 Å². The van der Waals surface area contributed by atoms with Gasteiger partial charge in [-0.05, 0) is 44.9 Å². The molecule has 5 rings (SSSR count). The van der Waals surface area contributed by atoms with Gasteiger partial charge in [-0.2, -0.15) is 5.10 Å². The van der Waals surface area contributed by atoms with Crippen LogP contribution in [-0.2, 0) is 17.8 Å². The smallest absolute Gasteiger partial charge is 0.254 e. The second-order valence-corrected chi connectivity index (χ2v) is 10.9. The highest BCUT2D eigenvalue weighted by Crippen LogP contribution is 2.28. The molecule has 0 atom stereocenters. The maximum Gasteiger partial charge on any atom is 0.254 e. The Morgan fingerprint density at radius 2 is 1.77 bits per heavy atom. The second kappa shape index (κ2) is 11.0. The first kappa shape index (κ1) is 26.6. The van der Waals surface area contributed by atoms with Crippen LogP contribution in [0.3, 0.4) is 0 Å². The topological polar surface area (TPSA) is 146 Å². The van der Waals surface area contributed by atoms with E-state index in [9.17, 15) is 14.7 Å². The molecule has 11 nitrogen and oxygen atoms in total. The number of hydrogen-bond donors (Lipinski definition) is 2. The Hall–Kier alpha value is -3.99. The summed E-state index contributed by atoms with van der Waals surface area (Å²) in [6.07, 6.45) is 10.4. The van der Waals surface area contributed by atoms with E-state index in [4.69, 9.17) is 15.2 Å². The van der Waals surface area contributed by atoms with Crippen molar-refractivity contribution in [3.63, 3.8) is 0 Å². The molecule has 0 radical (unpaired) electrons. The van der Waals surface area contributed by atoms with Crippen molar-refractivity contribution in [1.82, 2.24) is 24.6 Å². The highest BCUT2D eigenvalue weighted by Gasteiger charge is 2.27. The van der Waals surface area contributed by atoms with E-state index in [-0.39, 0.29) is 29.9 Å². The quantitative estimate of drug-likeness (QED) is 0.403. The molecule has 0 bridgehead atoms. The number of aromatic nitrogens is 4. The SMILES string of the molecule is CC(C)(O)Cn1cc(-c2cnc(OC3CCN(C(=O)Cc4ccc(OC5CC5)cn4)CC3)c(C(N)=O)c2)cn1.